The average molecular weight is 418 g/mol. The molecule has 0 aliphatic heterocycles. The standard InChI is InChI=1S/C22H19FN6O2/c1-13-17(21(30)25-11-15-5-2-3-7-18(15)23)12-26-29(13)20-16(6-4-10-24-20)22-27-19(28-31-22)14-8-9-14/h2-7,10,12,14H,8-9,11H2,1H3,(H,25,30). The first kappa shape index (κ1) is 19.1. The molecule has 1 N–H and O–H groups in total. The third kappa shape index (κ3) is 3.70. The van der Waals surface area contributed by atoms with Crippen LogP contribution in [0.15, 0.2) is 53.3 Å². The molecule has 0 unspecified atom stereocenters. The van der Waals surface area contributed by atoms with Crippen LogP contribution in [-0.2, 0) is 6.54 Å². The molecule has 1 aliphatic carbocycles. The molecule has 1 aliphatic rings. The van der Waals surface area contributed by atoms with E-state index in [0.29, 0.717) is 45.8 Å². The van der Waals surface area contributed by atoms with Crippen molar-refractivity contribution < 1.29 is 13.7 Å². The van der Waals surface area contributed by atoms with Gasteiger partial charge in [-0.25, -0.2) is 14.1 Å². The second-order valence-corrected chi connectivity index (χ2v) is 7.44. The van der Waals surface area contributed by atoms with E-state index in [0.717, 1.165) is 12.8 Å². The van der Waals surface area contributed by atoms with Crippen LogP contribution in [-0.4, -0.2) is 30.8 Å². The molecular weight excluding hydrogens is 399 g/mol. The average Bonchev–Trinajstić information content (AvgIpc) is 3.39. The van der Waals surface area contributed by atoms with Gasteiger partial charge < -0.3 is 9.84 Å². The van der Waals surface area contributed by atoms with Gasteiger partial charge in [-0.05, 0) is 38.0 Å². The smallest absolute Gasteiger partial charge is 0.261 e. The summed E-state index contributed by atoms with van der Waals surface area (Å²) in [6, 6.07) is 9.93. The van der Waals surface area contributed by atoms with Gasteiger partial charge in [-0.15, -0.1) is 0 Å². The van der Waals surface area contributed by atoms with Crippen LogP contribution in [0.25, 0.3) is 17.3 Å². The monoisotopic (exact) mass is 418 g/mol. The number of pyridine rings is 1. The maximum atomic E-state index is 13.8. The maximum absolute atomic E-state index is 13.8. The molecule has 4 aromatic rings. The topological polar surface area (TPSA) is 98.7 Å². The van der Waals surface area contributed by atoms with Gasteiger partial charge in [-0.1, -0.05) is 23.4 Å². The Kier molecular flexibility index (Phi) is 4.78. The predicted octanol–water partition coefficient (Wildman–Crippen LogP) is 3.57. The summed E-state index contributed by atoms with van der Waals surface area (Å²) in [5.74, 6) is 1.21. The molecule has 1 saturated carbocycles. The van der Waals surface area contributed by atoms with Crippen molar-refractivity contribution >= 4 is 5.91 Å². The number of hydrogen-bond donors (Lipinski definition) is 1. The zero-order valence-electron chi connectivity index (χ0n) is 16.7. The number of nitrogens with one attached hydrogen (secondary N) is 1. The lowest BCUT2D eigenvalue weighted by Gasteiger charge is -2.08. The first-order valence-electron chi connectivity index (χ1n) is 9.97. The molecule has 31 heavy (non-hydrogen) atoms. The van der Waals surface area contributed by atoms with Crippen molar-refractivity contribution in [1.29, 1.82) is 0 Å². The lowest BCUT2D eigenvalue weighted by atomic mass is 10.2. The van der Waals surface area contributed by atoms with E-state index in [9.17, 15) is 9.18 Å². The Morgan fingerprint density at radius 2 is 2.10 bits per heavy atom. The molecule has 1 amide bonds. The van der Waals surface area contributed by atoms with Gasteiger partial charge >= 0.3 is 0 Å². The first-order chi connectivity index (χ1) is 15.1. The second-order valence-electron chi connectivity index (χ2n) is 7.44. The van der Waals surface area contributed by atoms with Crippen LogP contribution in [0.1, 0.15) is 46.2 Å². The molecule has 5 rings (SSSR count). The third-order valence-electron chi connectivity index (χ3n) is 5.25. The summed E-state index contributed by atoms with van der Waals surface area (Å²) in [6.07, 6.45) is 5.24. The number of carbonyl (C=O) groups excluding carboxylic acids is 1. The van der Waals surface area contributed by atoms with Crippen LogP contribution in [0.4, 0.5) is 4.39 Å². The summed E-state index contributed by atoms with van der Waals surface area (Å²) in [7, 11) is 0. The number of aromatic nitrogens is 5. The van der Waals surface area contributed by atoms with Crippen LogP contribution >= 0.6 is 0 Å². The second kappa shape index (κ2) is 7.75. The Morgan fingerprint density at radius 1 is 1.26 bits per heavy atom. The minimum absolute atomic E-state index is 0.0802. The van der Waals surface area contributed by atoms with Crippen LogP contribution in [0.2, 0.25) is 0 Å². The zero-order chi connectivity index (χ0) is 21.4. The van der Waals surface area contributed by atoms with Gasteiger partial charge in [0.15, 0.2) is 11.6 Å². The fourth-order valence-corrected chi connectivity index (χ4v) is 3.34. The molecule has 1 aromatic carbocycles. The number of rotatable bonds is 6. The minimum atomic E-state index is -0.363. The van der Waals surface area contributed by atoms with Crippen molar-refractivity contribution in [3.05, 3.63) is 77.3 Å². The maximum Gasteiger partial charge on any atom is 0.261 e. The summed E-state index contributed by atoms with van der Waals surface area (Å²) < 4.78 is 20.8. The fourth-order valence-electron chi connectivity index (χ4n) is 3.34. The van der Waals surface area contributed by atoms with Crippen molar-refractivity contribution in [2.45, 2.75) is 32.2 Å². The predicted molar refractivity (Wildman–Crippen MR) is 109 cm³/mol. The van der Waals surface area contributed by atoms with Crippen molar-refractivity contribution in [3.63, 3.8) is 0 Å². The number of halogens is 1. The molecule has 156 valence electrons. The quantitative estimate of drug-likeness (QED) is 0.514. The summed E-state index contributed by atoms with van der Waals surface area (Å²) >= 11 is 0. The summed E-state index contributed by atoms with van der Waals surface area (Å²) in [5, 5.41) is 11.2. The van der Waals surface area contributed by atoms with E-state index >= 15 is 0 Å². The molecular formula is C22H19FN6O2. The van der Waals surface area contributed by atoms with E-state index in [1.165, 1.54) is 12.3 Å². The highest BCUT2D eigenvalue weighted by molar-refractivity contribution is 5.95. The van der Waals surface area contributed by atoms with Gasteiger partial charge in [0.1, 0.15) is 5.82 Å². The van der Waals surface area contributed by atoms with E-state index in [-0.39, 0.29) is 18.3 Å². The molecule has 0 spiro atoms. The van der Waals surface area contributed by atoms with Crippen molar-refractivity contribution in [3.8, 4) is 17.3 Å². The number of benzene rings is 1. The molecule has 1 fully saturated rings. The largest absolute Gasteiger partial charge is 0.348 e. The Balaban J connectivity index is 1.41. The van der Waals surface area contributed by atoms with Crippen LogP contribution in [0.3, 0.4) is 0 Å². The molecule has 3 aromatic heterocycles. The Labute approximate surface area is 177 Å². The van der Waals surface area contributed by atoms with E-state index in [4.69, 9.17) is 4.52 Å². The van der Waals surface area contributed by atoms with Gasteiger partial charge in [-0.3, -0.25) is 4.79 Å². The van der Waals surface area contributed by atoms with Gasteiger partial charge in [0.25, 0.3) is 11.8 Å². The molecule has 0 atom stereocenters. The van der Waals surface area contributed by atoms with Crippen LogP contribution < -0.4 is 5.32 Å². The number of amides is 1. The summed E-state index contributed by atoms with van der Waals surface area (Å²) in [6.45, 7) is 1.85. The lowest BCUT2D eigenvalue weighted by molar-refractivity contribution is 0.0950. The zero-order valence-corrected chi connectivity index (χ0v) is 16.7. The van der Waals surface area contributed by atoms with E-state index < -0.39 is 0 Å². The lowest BCUT2D eigenvalue weighted by Crippen LogP contribution is -2.23. The van der Waals surface area contributed by atoms with E-state index in [2.05, 4.69) is 25.5 Å². The van der Waals surface area contributed by atoms with E-state index in [1.807, 2.05) is 6.07 Å². The highest BCUT2D eigenvalue weighted by Crippen LogP contribution is 2.39. The summed E-state index contributed by atoms with van der Waals surface area (Å²) in [4.78, 5) is 21.6. The summed E-state index contributed by atoms with van der Waals surface area (Å²) in [5.41, 5.74) is 2.01. The Bertz CT molecular complexity index is 1260. The Morgan fingerprint density at radius 3 is 2.90 bits per heavy atom. The number of nitrogens with zero attached hydrogens (tertiary/aromatic N) is 5. The SMILES string of the molecule is Cc1c(C(=O)NCc2ccccc2F)cnn1-c1ncccc1-c1nc(C2CC2)no1. The van der Waals surface area contributed by atoms with Crippen molar-refractivity contribution in [2.24, 2.45) is 0 Å². The van der Waals surface area contributed by atoms with Gasteiger partial charge in [0.2, 0.25) is 0 Å². The van der Waals surface area contributed by atoms with Gasteiger partial charge in [0.05, 0.1) is 23.0 Å². The van der Waals surface area contributed by atoms with Gasteiger partial charge in [0, 0.05) is 24.2 Å². The van der Waals surface area contributed by atoms with Crippen LogP contribution in [0, 0.1) is 12.7 Å². The van der Waals surface area contributed by atoms with Crippen LogP contribution in [0.5, 0.6) is 0 Å². The molecule has 9 heteroatoms. The number of hydrogen-bond acceptors (Lipinski definition) is 6. The number of carbonyl (C=O) groups is 1. The third-order valence-corrected chi connectivity index (χ3v) is 5.25. The molecule has 3 heterocycles. The molecule has 0 radical (unpaired) electrons. The highest BCUT2D eigenvalue weighted by atomic mass is 19.1. The van der Waals surface area contributed by atoms with E-state index in [1.54, 1.807) is 42.1 Å². The fraction of sp³-hybridized carbons (Fsp3) is 0.227. The van der Waals surface area contributed by atoms with Gasteiger partial charge in [-0.2, -0.15) is 10.1 Å². The van der Waals surface area contributed by atoms with Crippen molar-refractivity contribution in [2.75, 3.05) is 0 Å². The molecule has 8 nitrogen and oxygen atoms in total. The molecule has 0 bridgehead atoms. The van der Waals surface area contributed by atoms with Crippen molar-refractivity contribution in [1.82, 2.24) is 30.2 Å². The Hall–Kier alpha value is -3.88. The first-order valence-corrected chi connectivity index (χ1v) is 9.97. The normalized spacial score (nSPS) is 13.4. The minimum Gasteiger partial charge on any atom is -0.348 e. The highest BCUT2D eigenvalue weighted by Gasteiger charge is 2.29. The molecule has 0 saturated heterocycles.